The third kappa shape index (κ3) is 4.75. The van der Waals surface area contributed by atoms with E-state index in [4.69, 9.17) is 9.97 Å². The standard InChI is InChI=1S/C44H37N3O/c1-27-23-28(2)42(29(3)24-27)33-17-20-40(48)43-34(33)16-19-37(46-43)32-15-18-36-39(25-32)47(38-14-10-9-13-35(38)44(36,4)5)41-26-31(21-22-45-41)30-11-7-6-8-12-30/h6-26,48H,1-5H3. The highest BCUT2D eigenvalue weighted by Gasteiger charge is 2.37. The van der Waals surface area contributed by atoms with Gasteiger partial charge in [-0.2, -0.15) is 0 Å². The van der Waals surface area contributed by atoms with Crippen LogP contribution in [-0.4, -0.2) is 15.1 Å². The minimum absolute atomic E-state index is 0.176. The molecule has 5 aromatic carbocycles. The lowest BCUT2D eigenvalue weighted by molar-refractivity contribution is 0.480. The van der Waals surface area contributed by atoms with Gasteiger partial charge in [-0.25, -0.2) is 9.97 Å². The molecule has 3 heterocycles. The highest BCUT2D eigenvalue weighted by molar-refractivity contribution is 6.00. The second kappa shape index (κ2) is 11.2. The maximum absolute atomic E-state index is 11.1. The van der Waals surface area contributed by atoms with Crippen LogP contribution < -0.4 is 4.90 Å². The molecule has 4 heteroatoms. The van der Waals surface area contributed by atoms with E-state index in [0.717, 1.165) is 50.5 Å². The summed E-state index contributed by atoms with van der Waals surface area (Å²) in [7, 11) is 0. The number of phenolic OH excluding ortho intramolecular Hbond substituents is 1. The molecule has 234 valence electrons. The number of para-hydroxylation sites is 1. The van der Waals surface area contributed by atoms with E-state index in [9.17, 15) is 5.11 Å². The van der Waals surface area contributed by atoms with Crippen LogP contribution in [0.2, 0.25) is 0 Å². The Kier molecular flexibility index (Phi) is 6.92. The Bertz CT molecular complexity index is 2350. The Balaban J connectivity index is 1.30. The molecule has 0 spiro atoms. The van der Waals surface area contributed by atoms with E-state index in [1.165, 1.54) is 33.4 Å². The third-order valence-corrected chi connectivity index (χ3v) is 9.89. The van der Waals surface area contributed by atoms with Crippen molar-refractivity contribution in [2.24, 2.45) is 0 Å². The molecule has 4 nitrogen and oxygen atoms in total. The SMILES string of the molecule is Cc1cc(C)c(-c2ccc(O)c3nc(-c4ccc5c(c4)N(c4cc(-c6ccccc6)ccn4)c4ccccc4C5(C)C)ccc23)c(C)c1. The van der Waals surface area contributed by atoms with Crippen LogP contribution in [0.15, 0.2) is 128 Å². The van der Waals surface area contributed by atoms with E-state index in [1.54, 1.807) is 6.07 Å². The molecule has 0 radical (unpaired) electrons. The highest BCUT2D eigenvalue weighted by atomic mass is 16.3. The molecule has 0 unspecified atom stereocenters. The zero-order valence-corrected chi connectivity index (χ0v) is 27.9. The summed E-state index contributed by atoms with van der Waals surface area (Å²) in [6.45, 7) is 11.0. The van der Waals surface area contributed by atoms with Gasteiger partial charge in [0.25, 0.3) is 0 Å². The molecule has 7 aromatic rings. The summed E-state index contributed by atoms with van der Waals surface area (Å²) in [6.07, 6.45) is 1.90. The van der Waals surface area contributed by atoms with Crippen molar-refractivity contribution in [3.8, 4) is 39.3 Å². The van der Waals surface area contributed by atoms with E-state index in [-0.39, 0.29) is 11.2 Å². The number of hydrogen-bond acceptors (Lipinski definition) is 4. The van der Waals surface area contributed by atoms with Crippen LogP contribution in [0.25, 0.3) is 44.4 Å². The van der Waals surface area contributed by atoms with Gasteiger partial charge in [0.2, 0.25) is 0 Å². The van der Waals surface area contributed by atoms with Crippen molar-refractivity contribution in [2.45, 2.75) is 40.0 Å². The summed E-state index contributed by atoms with van der Waals surface area (Å²) < 4.78 is 0. The van der Waals surface area contributed by atoms with Crippen LogP contribution in [-0.2, 0) is 5.41 Å². The molecule has 0 aliphatic carbocycles. The Hall–Kier alpha value is -5.74. The van der Waals surface area contributed by atoms with Crippen LogP contribution in [0.5, 0.6) is 5.75 Å². The Morgan fingerprint density at radius 2 is 1.35 bits per heavy atom. The van der Waals surface area contributed by atoms with Gasteiger partial charge in [-0.05, 0) is 114 Å². The molecule has 2 aromatic heterocycles. The smallest absolute Gasteiger partial charge is 0.141 e. The molecule has 1 aliphatic rings. The second-order valence-electron chi connectivity index (χ2n) is 13.5. The van der Waals surface area contributed by atoms with E-state index < -0.39 is 0 Å². The fourth-order valence-electron chi connectivity index (χ4n) is 7.66. The zero-order valence-electron chi connectivity index (χ0n) is 27.9. The Morgan fingerprint density at radius 3 is 2.15 bits per heavy atom. The summed E-state index contributed by atoms with van der Waals surface area (Å²) in [5.41, 5.74) is 15.0. The highest BCUT2D eigenvalue weighted by Crippen LogP contribution is 2.52. The average Bonchev–Trinajstić information content (AvgIpc) is 3.09. The number of hydrogen-bond donors (Lipinski definition) is 1. The first-order valence-corrected chi connectivity index (χ1v) is 16.5. The first-order chi connectivity index (χ1) is 23.2. The van der Waals surface area contributed by atoms with Crippen LogP contribution in [0, 0.1) is 20.8 Å². The molecule has 48 heavy (non-hydrogen) atoms. The first kappa shape index (κ1) is 29.6. The lowest BCUT2D eigenvalue weighted by Gasteiger charge is -2.41. The number of nitrogens with zero attached hydrogens (tertiary/aromatic N) is 3. The monoisotopic (exact) mass is 623 g/mol. The molecular weight excluding hydrogens is 587 g/mol. The lowest BCUT2D eigenvalue weighted by atomic mass is 9.73. The van der Waals surface area contributed by atoms with Gasteiger partial charge in [0, 0.05) is 22.6 Å². The average molecular weight is 624 g/mol. The normalized spacial score (nSPS) is 13.3. The molecule has 0 saturated heterocycles. The molecular formula is C44H37N3O. The molecule has 0 bridgehead atoms. The number of aryl methyl sites for hydroxylation is 3. The number of pyridine rings is 2. The number of fused-ring (bicyclic) bond motifs is 3. The van der Waals surface area contributed by atoms with Crippen molar-refractivity contribution in [3.63, 3.8) is 0 Å². The van der Waals surface area contributed by atoms with Crippen molar-refractivity contribution in [1.29, 1.82) is 0 Å². The van der Waals surface area contributed by atoms with Crippen molar-refractivity contribution in [1.82, 2.24) is 9.97 Å². The number of anilines is 3. The topological polar surface area (TPSA) is 49.3 Å². The number of rotatable bonds is 4. The maximum Gasteiger partial charge on any atom is 0.141 e. The summed E-state index contributed by atoms with van der Waals surface area (Å²) in [5, 5.41) is 12.0. The zero-order chi connectivity index (χ0) is 33.2. The van der Waals surface area contributed by atoms with Crippen molar-refractivity contribution in [3.05, 3.63) is 155 Å². The molecule has 0 saturated carbocycles. The molecule has 0 amide bonds. The number of aromatic hydroxyl groups is 1. The van der Waals surface area contributed by atoms with Crippen LogP contribution >= 0.6 is 0 Å². The van der Waals surface area contributed by atoms with E-state index >= 15 is 0 Å². The van der Waals surface area contributed by atoms with Crippen LogP contribution in [0.3, 0.4) is 0 Å². The Morgan fingerprint density at radius 1 is 0.625 bits per heavy atom. The molecule has 1 aliphatic heterocycles. The molecule has 0 atom stereocenters. The van der Waals surface area contributed by atoms with E-state index in [2.05, 4.69) is 143 Å². The molecule has 1 N–H and O–H groups in total. The van der Waals surface area contributed by atoms with Gasteiger partial charge in [-0.3, -0.25) is 4.90 Å². The second-order valence-corrected chi connectivity index (χ2v) is 13.5. The third-order valence-electron chi connectivity index (χ3n) is 9.89. The molecule has 0 fully saturated rings. The maximum atomic E-state index is 11.1. The van der Waals surface area contributed by atoms with Crippen molar-refractivity contribution >= 4 is 28.1 Å². The van der Waals surface area contributed by atoms with Gasteiger partial charge in [-0.1, -0.05) is 92.2 Å². The summed E-state index contributed by atoms with van der Waals surface area (Å²) in [6, 6.07) is 42.3. The van der Waals surface area contributed by atoms with E-state index in [0.29, 0.717) is 5.52 Å². The van der Waals surface area contributed by atoms with Gasteiger partial charge in [0.05, 0.1) is 17.1 Å². The number of benzene rings is 5. The predicted molar refractivity (Wildman–Crippen MR) is 199 cm³/mol. The minimum Gasteiger partial charge on any atom is -0.506 e. The molecule has 8 rings (SSSR count). The van der Waals surface area contributed by atoms with Gasteiger partial charge in [0.1, 0.15) is 17.1 Å². The largest absolute Gasteiger partial charge is 0.506 e. The quantitative estimate of drug-likeness (QED) is 0.212. The summed E-state index contributed by atoms with van der Waals surface area (Å²) in [5.74, 6) is 1.03. The van der Waals surface area contributed by atoms with Crippen LogP contribution in [0.1, 0.15) is 41.7 Å². The fraction of sp³-hybridized carbons (Fsp3) is 0.136. The lowest BCUT2D eigenvalue weighted by Crippen LogP contribution is -2.31. The predicted octanol–water partition coefficient (Wildman–Crippen LogP) is 11.4. The van der Waals surface area contributed by atoms with Gasteiger partial charge >= 0.3 is 0 Å². The number of phenols is 1. The van der Waals surface area contributed by atoms with Crippen molar-refractivity contribution < 1.29 is 5.11 Å². The summed E-state index contributed by atoms with van der Waals surface area (Å²) in [4.78, 5) is 12.3. The van der Waals surface area contributed by atoms with E-state index in [1.807, 2.05) is 18.3 Å². The summed E-state index contributed by atoms with van der Waals surface area (Å²) >= 11 is 0. The fourth-order valence-corrected chi connectivity index (χ4v) is 7.66. The van der Waals surface area contributed by atoms with Gasteiger partial charge in [-0.15, -0.1) is 0 Å². The first-order valence-electron chi connectivity index (χ1n) is 16.5. The van der Waals surface area contributed by atoms with Gasteiger partial charge < -0.3 is 5.11 Å². The van der Waals surface area contributed by atoms with Gasteiger partial charge in [0.15, 0.2) is 0 Å². The Labute approximate surface area is 282 Å². The van der Waals surface area contributed by atoms with Crippen molar-refractivity contribution in [2.75, 3.05) is 4.90 Å². The van der Waals surface area contributed by atoms with Crippen LogP contribution in [0.4, 0.5) is 17.2 Å². The number of aromatic nitrogens is 2. The minimum atomic E-state index is -0.230.